The molecule has 0 aliphatic carbocycles. The van der Waals surface area contributed by atoms with Gasteiger partial charge >= 0.3 is 5.69 Å². The smallest absolute Gasteiger partial charge is 0.330 e. The van der Waals surface area contributed by atoms with Gasteiger partial charge in [0.2, 0.25) is 0 Å². The minimum absolute atomic E-state index is 0.254. The molecule has 2 N–H and O–H groups in total. The van der Waals surface area contributed by atoms with Crippen LogP contribution in [0.1, 0.15) is 26.2 Å². The predicted octanol–water partition coefficient (Wildman–Crippen LogP) is 0.486. The van der Waals surface area contributed by atoms with Gasteiger partial charge in [0.1, 0.15) is 0 Å². The van der Waals surface area contributed by atoms with Gasteiger partial charge in [-0.2, -0.15) is 0 Å². The standard InChI is InChI=1S/C11H17N3O2S/c1-2-13-8-6-10(15)14(11(13)16)7-4-3-5-9(12)17/h6,8H,2-5,7H2,1H3,(H2,12,17). The minimum atomic E-state index is -0.255. The van der Waals surface area contributed by atoms with Crippen LogP contribution >= 0.6 is 12.2 Å². The molecular formula is C11H17N3O2S. The van der Waals surface area contributed by atoms with E-state index in [4.69, 9.17) is 18.0 Å². The van der Waals surface area contributed by atoms with Gasteiger partial charge in [0, 0.05) is 25.4 Å². The summed E-state index contributed by atoms with van der Waals surface area (Å²) in [5, 5.41) is 0. The summed E-state index contributed by atoms with van der Waals surface area (Å²) in [5.41, 5.74) is 4.87. The minimum Gasteiger partial charge on any atom is -0.393 e. The molecule has 5 nitrogen and oxygen atoms in total. The van der Waals surface area contributed by atoms with Crippen molar-refractivity contribution in [3.8, 4) is 0 Å². The number of aryl methyl sites for hydroxylation is 1. The van der Waals surface area contributed by atoms with E-state index >= 15 is 0 Å². The van der Waals surface area contributed by atoms with Crippen LogP contribution in [0.3, 0.4) is 0 Å². The molecule has 0 bridgehead atoms. The molecule has 1 heterocycles. The molecule has 6 heteroatoms. The van der Waals surface area contributed by atoms with Gasteiger partial charge in [0.15, 0.2) is 0 Å². The Kier molecular flexibility index (Phi) is 5.09. The highest BCUT2D eigenvalue weighted by Crippen LogP contribution is 1.96. The lowest BCUT2D eigenvalue weighted by Gasteiger charge is -2.07. The molecule has 94 valence electrons. The van der Waals surface area contributed by atoms with Crippen LogP contribution in [0.5, 0.6) is 0 Å². The van der Waals surface area contributed by atoms with Crippen molar-refractivity contribution in [2.24, 2.45) is 5.73 Å². The molecule has 1 aromatic heterocycles. The van der Waals surface area contributed by atoms with Gasteiger partial charge in [-0.3, -0.25) is 9.36 Å². The Morgan fingerprint density at radius 3 is 2.71 bits per heavy atom. The third-order valence-electron chi connectivity index (χ3n) is 2.54. The van der Waals surface area contributed by atoms with Crippen molar-refractivity contribution in [1.82, 2.24) is 9.13 Å². The zero-order valence-electron chi connectivity index (χ0n) is 9.89. The fraction of sp³-hybridized carbons (Fsp3) is 0.545. The third kappa shape index (κ3) is 3.81. The van der Waals surface area contributed by atoms with E-state index in [1.807, 2.05) is 6.92 Å². The number of nitrogens with zero attached hydrogens (tertiary/aromatic N) is 2. The number of hydrogen-bond acceptors (Lipinski definition) is 3. The van der Waals surface area contributed by atoms with E-state index in [1.54, 1.807) is 0 Å². The summed E-state index contributed by atoms with van der Waals surface area (Å²) in [6.07, 6.45) is 3.69. The van der Waals surface area contributed by atoms with Gasteiger partial charge in [-0.15, -0.1) is 0 Å². The fourth-order valence-electron chi connectivity index (χ4n) is 1.57. The second-order valence-electron chi connectivity index (χ2n) is 3.80. The Balaban J connectivity index is 2.74. The third-order valence-corrected chi connectivity index (χ3v) is 2.74. The molecule has 0 aliphatic heterocycles. The maximum atomic E-state index is 11.8. The van der Waals surface area contributed by atoms with E-state index in [0.29, 0.717) is 24.5 Å². The largest absolute Gasteiger partial charge is 0.393 e. The van der Waals surface area contributed by atoms with Crippen LogP contribution in [0.25, 0.3) is 0 Å². The van der Waals surface area contributed by atoms with Crippen LogP contribution in [0.15, 0.2) is 21.9 Å². The summed E-state index contributed by atoms with van der Waals surface area (Å²) < 4.78 is 2.76. The summed E-state index contributed by atoms with van der Waals surface area (Å²) in [4.78, 5) is 23.8. The Morgan fingerprint density at radius 1 is 1.41 bits per heavy atom. The first kappa shape index (κ1) is 13.6. The predicted molar refractivity (Wildman–Crippen MR) is 71.3 cm³/mol. The van der Waals surface area contributed by atoms with Gasteiger partial charge in [-0.05, 0) is 26.2 Å². The summed E-state index contributed by atoms with van der Waals surface area (Å²) in [6.45, 7) is 2.84. The van der Waals surface area contributed by atoms with E-state index in [2.05, 4.69) is 0 Å². The zero-order valence-corrected chi connectivity index (χ0v) is 10.7. The number of nitrogens with two attached hydrogens (primary N) is 1. The number of rotatable bonds is 6. The molecule has 17 heavy (non-hydrogen) atoms. The zero-order chi connectivity index (χ0) is 12.8. The van der Waals surface area contributed by atoms with E-state index < -0.39 is 0 Å². The second-order valence-corrected chi connectivity index (χ2v) is 4.32. The van der Waals surface area contributed by atoms with Crippen LogP contribution in [0.2, 0.25) is 0 Å². The van der Waals surface area contributed by atoms with Crippen molar-refractivity contribution in [1.29, 1.82) is 0 Å². The summed E-state index contributed by atoms with van der Waals surface area (Å²) in [7, 11) is 0. The molecule has 0 aromatic carbocycles. The topological polar surface area (TPSA) is 70.0 Å². The highest BCUT2D eigenvalue weighted by Gasteiger charge is 2.03. The molecule has 0 saturated heterocycles. The van der Waals surface area contributed by atoms with Crippen molar-refractivity contribution < 1.29 is 0 Å². The van der Waals surface area contributed by atoms with Crippen LogP contribution in [-0.2, 0) is 13.1 Å². The quantitative estimate of drug-likeness (QED) is 0.593. The highest BCUT2D eigenvalue weighted by molar-refractivity contribution is 7.80. The monoisotopic (exact) mass is 255 g/mol. The van der Waals surface area contributed by atoms with Crippen LogP contribution in [0.4, 0.5) is 0 Å². The van der Waals surface area contributed by atoms with Gasteiger partial charge in [0.05, 0.1) is 4.99 Å². The number of hydrogen-bond donors (Lipinski definition) is 1. The van der Waals surface area contributed by atoms with E-state index in [-0.39, 0.29) is 11.2 Å². The summed E-state index contributed by atoms with van der Waals surface area (Å²) >= 11 is 4.76. The SMILES string of the molecule is CCn1ccc(=O)n(CCCCC(N)=S)c1=O. The molecular weight excluding hydrogens is 238 g/mol. The Morgan fingerprint density at radius 2 is 2.12 bits per heavy atom. The number of aromatic nitrogens is 2. The Labute approximate surface area is 105 Å². The van der Waals surface area contributed by atoms with Gasteiger partial charge in [0.25, 0.3) is 5.56 Å². The maximum Gasteiger partial charge on any atom is 0.330 e. The van der Waals surface area contributed by atoms with Gasteiger partial charge in [-0.1, -0.05) is 12.2 Å². The van der Waals surface area contributed by atoms with E-state index in [9.17, 15) is 9.59 Å². The molecule has 0 radical (unpaired) electrons. The van der Waals surface area contributed by atoms with Crippen LogP contribution in [-0.4, -0.2) is 14.1 Å². The molecule has 0 aliphatic rings. The molecule has 0 amide bonds. The molecule has 1 aromatic rings. The van der Waals surface area contributed by atoms with E-state index in [0.717, 1.165) is 12.8 Å². The van der Waals surface area contributed by atoms with Crippen LogP contribution < -0.4 is 17.0 Å². The molecule has 0 fully saturated rings. The fourth-order valence-corrected chi connectivity index (χ4v) is 1.72. The van der Waals surface area contributed by atoms with Crippen molar-refractivity contribution in [2.75, 3.05) is 0 Å². The molecule has 0 spiro atoms. The van der Waals surface area contributed by atoms with Gasteiger partial charge < -0.3 is 10.3 Å². The lowest BCUT2D eigenvalue weighted by Crippen LogP contribution is -2.38. The number of unbranched alkanes of at least 4 members (excludes halogenated alkanes) is 1. The maximum absolute atomic E-state index is 11.8. The highest BCUT2D eigenvalue weighted by atomic mass is 32.1. The van der Waals surface area contributed by atoms with Crippen molar-refractivity contribution >= 4 is 17.2 Å². The first-order chi connectivity index (χ1) is 8.06. The lowest BCUT2D eigenvalue weighted by molar-refractivity contribution is 0.535. The van der Waals surface area contributed by atoms with Crippen molar-refractivity contribution in [2.45, 2.75) is 39.3 Å². The average Bonchev–Trinajstić information content (AvgIpc) is 2.27. The summed E-state index contributed by atoms with van der Waals surface area (Å²) in [6, 6.07) is 1.42. The van der Waals surface area contributed by atoms with E-state index in [1.165, 1.54) is 21.4 Å². The number of thiocarbonyl (C=S) groups is 1. The van der Waals surface area contributed by atoms with Crippen molar-refractivity contribution in [3.05, 3.63) is 33.1 Å². The van der Waals surface area contributed by atoms with Gasteiger partial charge in [-0.25, -0.2) is 4.79 Å². The molecule has 0 unspecified atom stereocenters. The summed E-state index contributed by atoms with van der Waals surface area (Å²) in [5.74, 6) is 0. The normalized spacial score (nSPS) is 10.4. The Hall–Kier alpha value is -1.43. The van der Waals surface area contributed by atoms with Crippen LogP contribution in [0, 0.1) is 0 Å². The van der Waals surface area contributed by atoms with Crippen molar-refractivity contribution in [3.63, 3.8) is 0 Å². The lowest BCUT2D eigenvalue weighted by atomic mass is 10.2. The molecule has 0 atom stereocenters. The molecule has 0 saturated carbocycles. The first-order valence-corrected chi connectivity index (χ1v) is 6.05. The Bertz CT molecular complexity index is 504. The average molecular weight is 255 g/mol. The first-order valence-electron chi connectivity index (χ1n) is 5.65. The second kappa shape index (κ2) is 6.34. The molecule has 1 rings (SSSR count).